The van der Waals surface area contributed by atoms with E-state index in [0.717, 1.165) is 23.0 Å². The molecule has 1 amide bonds. The molecular formula is C18H18FN3O3S. The zero-order chi connectivity index (χ0) is 18.7. The van der Waals surface area contributed by atoms with Gasteiger partial charge in [0.05, 0.1) is 10.6 Å². The third-order valence-corrected chi connectivity index (χ3v) is 5.45. The van der Waals surface area contributed by atoms with Crippen molar-refractivity contribution < 1.29 is 17.6 Å². The number of hydrogen-bond donors (Lipinski definition) is 2. The summed E-state index contributed by atoms with van der Waals surface area (Å²) in [6.07, 6.45) is 1.88. The topological polar surface area (TPSA) is 80.2 Å². The van der Waals surface area contributed by atoms with Crippen LogP contribution in [0.4, 0.5) is 10.1 Å². The van der Waals surface area contributed by atoms with Gasteiger partial charge in [-0.25, -0.2) is 17.5 Å². The van der Waals surface area contributed by atoms with E-state index in [9.17, 15) is 17.6 Å². The van der Waals surface area contributed by atoms with Gasteiger partial charge < -0.3 is 9.88 Å². The Morgan fingerprint density at radius 2 is 1.85 bits per heavy atom. The monoisotopic (exact) mass is 375 g/mol. The Balaban J connectivity index is 1.59. The first kappa shape index (κ1) is 18.1. The Kier molecular flexibility index (Phi) is 5.06. The van der Waals surface area contributed by atoms with Crippen molar-refractivity contribution in [2.24, 2.45) is 7.05 Å². The van der Waals surface area contributed by atoms with Crippen molar-refractivity contribution in [3.63, 3.8) is 0 Å². The molecule has 1 heterocycles. The summed E-state index contributed by atoms with van der Waals surface area (Å²) in [6, 6.07) is 12.0. The fourth-order valence-corrected chi connectivity index (χ4v) is 3.65. The van der Waals surface area contributed by atoms with E-state index in [0.29, 0.717) is 5.69 Å². The van der Waals surface area contributed by atoms with Crippen LogP contribution in [0.25, 0.3) is 10.9 Å². The summed E-state index contributed by atoms with van der Waals surface area (Å²) < 4.78 is 41.4. The minimum atomic E-state index is -3.78. The van der Waals surface area contributed by atoms with Gasteiger partial charge in [-0.05, 0) is 42.5 Å². The number of fused-ring (bicyclic) bond motifs is 1. The Labute approximate surface area is 150 Å². The molecule has 1 aromatic heterocycles. The van der Waals surface area contributed by atoms with Gasteiger partial charge in [0.1, 0.15) is 5.82 Å². The number of amides is 1. The predicted octanol–water partition coefficient (Wildman–Crippen LogP) is 2.62. The number of aryl methyl sites for hydroxylation is 1. The molecule has 0 aliphatic rings. The van der Waals surface area contributed by atoms with Crippen LogP contribution >= 0.6 is 0 Å². The number of nitrogens with one attached hydrogen (secondary N) is 2. The van der Waals surface area contributed by atoms with Crippen molar-refractivity contribution >= 4 is 32.5 Å². The zero-order valence-corrected chi connectivity index (χ0v) is 14.9. The second-order valence-electron chi connectivity index (χ2n) is 5.81. The van der Waals surface area contributed by atoms with Crippen molar-refractivity contribution in [2.45, 2.75) is 11.3 Å². The molecule has 3 aromatic rings. The van der Waals surface area contributed by atoms with Gasteiger partial charge in [-0.2, -0.15) is 0 Å². The summed E-state index contributed by atoms with van der Waals surface area (Å²) in [7, 11) is -1.86. The second-order valence-corrected chi connectivity index (χ2v) is 7.58. The van der Waals surface area contributed by atoms with Gasteiger partial charge in [-0.15, -0.1) is 0 Å². The number of rotatable bonds is 6. The summed E-state index contributed by atoms with van der Waals surface area (Å²) in [5.74, 6) is -0.818. The Morgan fingerprint density at radius 3 is 2.58 bits per heavy atom. The summed E-state index contributed by atoms with van der Waals surface area (Å²) in [6.45, 7) is -0.0592. The lowest BCUT2D eigenvalue weighted by Crippen LogP contribution is -2.27. The van der Waals surface area contributed by atoms with Crippen LogP contribution in [-0.2, 0) is 21.9 Å². The van der Waals surface area contributed by atoms with E-state index in [1.165, 1.54) is 12.1 Å². The number of aromatic nitrogens is 1. The van der Waals surface area contributed by atoms with E-state index in [4.69, 9.17) is 0 Å². The number of hydrogen-bond acceptors (Lipinski definition) is 3. The fourth-order valence-electron chi connectivity index (χ4n) is 2.62. The smallest absolute Gasteiger partial charge is 0.240 e. The van der Waals surface area contributed by atoms with Crippen LogP contribution in [0.5, 0.6) is 0 Å². The molecule has 0 bridgehead atoms. The zero-order valence-electron chi connectivity index (χ0n) is 14.1. The molecule has 8 heteroatoms. The number of carbonyl (C=O) groups excluding carboxylic acids is 1. The highest BCUT2D eigenvalue weighted by Gasteiger charge is 2.14. The largest absolute Gasteiger partial charge is 0.350 e. The van der Waals surface area contributed by atoms with Gasteiger partial charge in [0.25, 0.3) is 0 Å². The van der Waals surface area contributed by atoms with E-state index in [1.54, 1.807) is 6.07 Å². The molecule has 0 radical (unpaired) electrons. The number of benzene rings is 2. The quantitative estimate of drug-likeness (QED) is 0.695. The number of nitrogens with zero attached hydrogens (tertiary/aromatic N) is 1. The molecule has 0 saturated carbocycles. The minimum Gasteiger partial charge on any atom is -0.350 e. The fraction of sp³-hybridized carbons (Fsp3) is 0.167. The summed E-state index contributed by atoms with van der Waals surface area (Å²) in [5, 5.41) is 3.71. The first-order valence-electron chi connectivity index (χ1n) is 7.96. The summed E-state index contributed by atoms with van der Waals surface area (Å²) >= 11 is 0. The molecule has 26 heavy (non-hydrogen) atoms. The molecule has 0 unspecified atom stereocenters. The van der Waals surface area contributed by atoms with Gasteiger partial charge >= 0.3 is 0 Å². The van der Waals surface area contributed by atoms with Crippen molar-refractivity contribution in [3.8, 4) is 0 Å². The highest BCUT2D eigenvalue weighted by Crippen LogP contribution is 2.23. The number of carbonyl (C=O) groups is 1. The van der Waals surface area contributed by atoms with Crippen molar-refractivity contribution in [1.29, 1.82) is 0 Å². The molecule has 0 aliphatic heterocycles. The predicted molar refractivity (Wildman–Crippen MR) is 97.8 cm³/mol. The molecular weight excluding hydrogens is 357 g/mol. The van der Waals surface area contributed by atoms with Crippen molar-refractivity contribution in [3.05, 3.63) is 60.5 Å². The third-order valence-electron chi connectivity index (χ3n) is 3.97. The van der Waals surface area contributed by atoms with Crippen LogP contribution in [0.1, 0.15) is 6.42 Å². The maximum absolute atomic E-state index is 12.9. The number of anilines is 1. The molecule has 0 aliphatic carbocycles. The number of sulfonamides is 1. The van der Waals surface area contributed by atoms with E-state index >= 15 is 0 Å². The average Bonchev–Trinajstić information content (AvgIpc) is 2.97. The first-order valence-corrected chi connectivity index (χ1v) is 9.44. The molecule has 136 valence electrons. The Bertz CT molecular complexity index is 1040. The van der Waals surface area contributed by atoms with Gasteiger partial charge in [0.15, 0.2) is 0 Å². The van der Waals surface area contributed by atoms with E-state index in [-0.39, 0.29) is 23.8 Å². The Hall–Kier alpha value is -2.71. The third kappa shape index (κ3) is 3.92. The first-order chi connectivity index (χ1) is 12.4. The van der Waals surface area contributed by atoms with Gasteiger partial charge in [-0.1, -0.05) is 6.07 Å². The Morgan fingerprint density at radius 1 is 1.12 bits per heavy atom. The summed E-state index contributed by atoms with van der Waals surface area (Å²) in [5.41, 5.74) is 1.66. The number of halogens is 1. The lowest BCUT2D eigenvalue weighted by molar-refractivity contribution is -0.116. The molecule has 2 N–H and O–H groups in total. The molecule has 0 fully saturated rings. The second kappa shape index (κ2) is 7.27. The van der Waals surface area contributed by atoms with E-state index < -0.39 is 15.8 Å². The van der Waals surface area contributed by atoms with E-state index in [1.807, 2.05) is 36.0 Å². The van der Waals surface area contributed by atoms with Crippen LogP contribution in [0.3, 0.4) is 0 Å². The van der Waals surface area contributed by atoms with Crippen molar-refractivity contribution in [1.82, 2.24) is 9.29 Å². The van der Waals surface area contributed by atoms with Crippen LogP contribution in [-0.4, -0.2) is 25.4 Å². The highest BCUT2D eigenvalue weighted by molar-refractivity contribution is 7.89. The molecule has 6 nitrogen and oxygen atoms in total. The average molecular weight is 375 g/mol. The molecule has 3 rings (SSSR count). The van der Waals surface area contributed by atoms with Crippen LogP contribution in [0.2, 0.25) is 0 Å². The standard InChI is InChI=1S/C18H18FN3O3S/c1-22-12-10-15-16(3-2-4-17(15)22)21-18(23)9-11-20-26(24,25)14-7-5-13(19)6-8-14/h2-8,10,12,20H,9,11H2,1H3,(H,21,23). The normalized spacial score (nSPS) is 11.6. The lowest BCUT2D eigenvalue weighted by atomic mass is 10.2. The SMILES string of the molecule is Cn1ccc2c(NC(=O)CCNS(=O)(=O)c3ccc(F)cc3)cccc21. The van der Waals surface area contributed by atoms with Crippen molar-refractivity contribution in [2.75, 3.05) is 11.9 Å². The molecule has 2 aromatic carbocycles. The van der Waals surface area contributed by atoms with Crippen LogP contribution < -0.4 is 10.0 Å². The van der Waals surface area contributed by atoms with Crippen LogP contribution in [0.15, 0.2) is 59.6 Å². The maximum Gasteiger partial charge on any atom is 0.240 e. The van der Waals surface area contributed by atoms with E-state index in [2.05, 4.69) is 10.0 Å². The molecule has 0 saturated heterocycles. The lowest BCUT2D eigenvalue weighted by Gasteiger charge is -2.09. The van der Waals surface area contributed by atoms with Gasteiger partial charge in [-0.3, -0.25) is 4.79 Å². The summed E-state index contributed by atoms with van der Waals surface area (Å²) in [4.78, 5) is 12.1. The minimum absolute atomic E-state index is 0.0242. The maximum atomic E-state index is 12.9. The van der Waals surface area contributed by atoms with Gasteiger partial charge in [0, 0.05) is 37.1 Å². The van der Waals surface area contributed by atoms with Gasteiger partial charge in [0.2, 0.25) is 15.9 Å². The molecule has 0 atom stereocenters. The van der Waals surface area contributed by atoms with Crippen LogP contribution in [0, 0.1) is 5.82 Å². The molecule has 0 spiro atoms. The highest BCUT2D eigenvalue weighted by atomic mass is 32.2.